The molecule has 0 aromatic heterocycles. The zero-order valence-corrected chi connectivity index (χ0v) is 9.85. The highest BCUT2D eigenvalue weighted by Crippen LogP contribution is 2.16. The highest BCUT2D eigenvalue weighted by Gasteiger charge is 2.18. The Labute approximate surface area is 82.3 Å². The number of ketones is 1. The second kappa shape index (κ2) is 4.75. The molecule has 2 nitrogen and oxygen atoms in total. The fourth-order valence-electron chi connectivity index (χ4n) is 1.48. The van der Waals surface area contributed by atoms with Gasteiger partial charge in [-0.15, -0.1) is 0 Å². The molecule has 1 unspecified atom stereocenters. The van der Waals surface area contributed by atoms with Gasteiger partial charge in [0.05, 0.1) is 0 Å². The van der Waals surface area contributed by atoms with Crippen LogP contribution in [0.5, 0.6) is 0 Å². The number of carbonyl (C=O) groups is 1. The molecule has 0 amide bonds. The van der Waals surface area contributed by atoms with E-state index in [0.717, 1.165) is 6.54 Å². The molecule has 2 heteroatoms. The Kier molecular flexibility index (Phi) is 4.62. The van der Waals surface area contributed by atoms with E-state index in [0.29, 0.717) is 17.9 Å². The first kappa shape index (κ1) is 12.6. The number of hydrogen-bond acceptors (Lipinski definition) is 2. The molecule has 1 atom stereocenters. The van der Waals surface area contributed by atoms with Crippen molar-refractivity contribution in [3.63, 3.8) is 0 Å². The third-order valence-corrected chi connectivity index (χ3v) is 2.06. The smallest absolute Gasteiger partial charge is 0.131 e. The first-order valence-electron chi connectivity index (χ1n) is 4.92. The van der Waals surface area contributed by atoms with Crippen LogP contribution >= 0.6 is 0 Å². The van der Waals surface area contributed by atoms with Crippen molar-refractivity contribution in [1.82, 2.24) is 4.90 Å². The van der Waals surface area contributed by atoms with Gasteiger partial charge in [-0.2, -0.15) is 0 Å². The summed E-state index contributed by atoms with van der Waals surface area (Å²) in [6.45, 7) is 11.4. The van der Waals surface area contributed by atoms with Gasteiger partial charge in [-0.05, 0) is 26.3 Å². The molecule has 0 rings (SSSR count). The molecule has 0 radical (unpaired) electrons. The summed E-state index contributed by atoms with van der Waals surface area (Å²) in [4.78, 5) is 13.1. The lowest BCUT2D eigenvalue weighted by atomic mass is 9.95. The van der Waals surface area contributed by atoms with E-state index in [2.05, 4.69) is 39.6 Å². The molecule has 0 bridgehead atoms. The number of Topliss-reactive ketones (excluding diaryl/α,β-unsaturated/α-hetero) is 1. The summed E-state index contributed by atoms with van der Waals surface area (Å²) in [5.41, 5.74) is 0.305. The summed E-state index contributed by atoms with van der Waals surface area (Å²) in [5.74, 6) is 0.272. The van der Waals surface area contributed by atoms with Gasteiger partial charge in [0.2, 0.25) is 0 Å². The van der Waals surface area contributed by atoms with Crippen LogP contribution in [0.3, 0.4) is 0 Å². The minimum atomic E-state index is 0.272. The molecular weight excluding hydrogens is 162 g/mol. The second-order valence-corrected chi connectivity index (χ2v) is 5.23. The van der Waals surface area contributed by atoms with E-state index in [-0.39, 0.29) is 5.78 Å². The molecule has 13 heavy (non-hydrogen) atoms. The number of rotatable bonds is 4. The van der Waals surface area contributed by atoms with E-state index in [4.69, 9.17) is 0 Å². The highest BCUT2D eigenvalue weighted by atomic mass is 16.1. The van der Waals surface area contributed by atoms with Crippen molar-refractivity contribution in [2.75, 3.05) is 13.6 Å². The Balaban J connectivity index is 3.96. The van der Waals surface area contributed by atoms with Crippen LogP contribution in [0, 0.1) is 5.41 Å². The molecule has 0 spiro atoms. The molecule has 0 saturated carbocycles. The first-order valence-corrected chi connectivity index (χ1v) is 4.92. The lowest BCUT2D eigenvalue weighted by Crippen LogP contribution is -2.37. The van der Waals surface area contributed by atoms with Crippen molar-refractivity contribution in [2.45, 2.75) is 47.1 Å². The van der Waals surface area contributed by atoms with Gasteiger partial charge < -0.3 is 4.90 Å². The van der Waals surface area contributed by atoms with Crippen LogP contribution in [0.1, 0.15) is 41.0 Å². The third-order valence-electron chi connectivity index (χ3n) is 2.06. The topological polar surface area (TPSA) is 20.3 Å². The van der Waals surface area contributed by atoms with E-state index in [1.54, 1.807) is 6.92 Å². The number of nitrogens with zero attached hydrogens (tertiary/aromatic N) is 1. The molecule has 0 aliphatic carbocycles. The Hall–Kier alpha value is -0.370. The Morgan fingerprint density at radius 2 is 1.85 bits per heavy atom. The molecule has 0 aliphatic heterocycles. The SMILES string of the molecule is CC(=O)CC(C)N(C)CC(C)(C)C. The van der Waals surface area contributed by atoms with Gasteiger partial charge >= 0.3 is 0 Å². The molecule has 0 aromatic rings. The van der Waals surface area contributed by atoms with Gasteiger partial charge in [-0.3, -0.25) is 4.79 Å². The zero-order valence-electron chi connectivity index (χ0n) is 9.85. The summed E-state index contributed by atoms with van der Waals surface area (Å²) in [6, 6.07) is 0.358. The average molecular weight is 185 g/mol. The van der Waals surface area contributed by atoms with Crippen LogP contribution in [0.4, 0.5) is 0 Å². The summed E-state index contributed by atoms with van der Waals surface area (Å²) in [5, 5.41) is 0. The molecule has 0 aromatic carbocycles. The predicted molar refractivity (Wildman–Crippen MR) is 56.8 cm³/mol. The van der Waals surface area contributed by atoms with E-state index in [9.17, 15) is 4.79 Å². The van der Waals surface area contributed by atoms with Crippen LogP contribution in [0.2, 0.25) is 0 Å². The summed E-state index contributed by atoms with van der Waals surface area (Å²) in [7, 11) is 2.08. The normalized spacial score (nSPS) is 14.7. The fourth-order valence-corrected chi connectivity index (χ4v) is 1.48. The van der Waals surface area contributed by atoms with Gasteiger partial charge in [0.25, 0.3) is 0 Å². The predicted octanol–water partition coefficient (Wildman–Crippen LogP) is 2.33. The number of carbonyl (C=O) groups excluding carboxylic acids is 1. The van der Waals surface area contributed by atoms with E-state index >= 15 is 0 Å². The van der Waals surface area contributed by atoms with Gasteiger partial charge in [0.1, 0.15) is 5.78 Å². The van der Waals surface area contributed by atoms with Crippen molar-refractivity contribution in [3.05, 3.63) is 0 Å². The van der Waals surface area contributed by atoms with Crippen LogP contribution in [-0.4, -0.2) is 30.3 Å². The van der Waals surface area contributed by atoms with Crippen molar-refractivity contribution < 1.29 is 4.79 Å². The Morgan fingerprint density at radius 1 is 1.38 bits per heavy atom. The van der Waals surface area contributed by atoms with E-state index < -0.39 is 0 Å². The maximum absolute atomic E-state index is 10.9. The summed E-state index contributed by atoms with van der Waals surface area (Å²) >= 11 is 0. The van der Waals surface area contributed by atoms with Crippen molar-refractivity contribution in [1.29, 1.82) is 0 Å². The van der Waals surface area contributed by atoms with Gasteiger partial charge in [-0.1, -0.05) is 20.8 Å². The number of hydrogen-bond donors (Lipinski definition) is 0. The van der Waals surface area contributed by atoms with Gasteiger partial charge in [0.15, 0.2) is 0 Å². The summed E-state index contributed by atoms with van der Waals surface area (Å²) in [6.07, 6.45) is 0.659. The van der Waals surface area contributed by atoms with Gasteiger partial charge in [0, 0.05) is 19.0 Å². The zero-order chi connectivity index (χ0) is 10.6. The van der Waals surface area contributed by atoms with Crippen molar-refractivity contribution in [2.24, 2.45) is 5.41 Å². The monoisotopic (exact) mass is 185 g/mol. The molecule has 0 saturated heterocycles. The van der Waals surface area contributed by atoms with Crippen LogP contribution in [0.25, 0.3) is 0 Å². The van der Waals surface area contributed by atoms with Crippen molar-refractivity contribution >= 4 is 5.78 Å². The van der Waals surface area contributed by atoms with E-state index in [1.807, 2.05) is 0 Å². The minimum Gasteiger partial charge on any atom is -0.303 e. The highest BCUT2D eigenvalue weighted by molar-refractivity contribution is 5.76. The van der Waals surface area contributed by atoms with Gasteiger partial charge in [-0.25, -0.2) is 0 Å². The standard InChI is InChI=1S/C11H23NO/c1-9(7-10(2)13)12(6)8-11(3,4)5/h9H,7-8H2,1-6H3. The largest absolute Gasteiger partial charge is 0.303 e. The summed E-state index contributed by atoms with van der Waals surface area (Å²) < 4.78 is 0. The average Bonchev–Trinajstić information content (AvgIpc) is 1.81. The van der Waals surface area contributed by atoms with Crippen LogP contribution in [0.15, 0.2) is 0 Å². The third kappa shape index (κ3) is 6.76. The molecule has 0 fully saturated rings. The quantitative estimate of drug-likeness (QED) is 0.670. The fraction of sp³-hybridized carbons (Fsp3) is 0.909. The lowest BCUT2D eigenvalue weighted by Gasteiger charge is -2.30. The van der Waals surface area contributed by atoms with Crippen molar-refractivity contribution in [3.8, 4) is 0 Å². The lowest BCUT2D eigenvalue weighted by molar-refractivity contribution is -0.118. The Morgan fingerprint density at radius 3 is 2.15 bits per heavy atom. The minimum absolute atomic E-state index is 0.272. The van der Waals surface area contributed by atoms with E-state index in [1.165, 1.54) is 0 Å². The molecule has 0 aliphatic rings. The Bertz CT molecular complexity index is 169. The molecular formula is C11H23NO. The maximum Gasteiger partial charge on any atom is 0.131 e. The first-order chi connectivity index (χ1) is 5.72. The van der Waals surface area contributed by atoms with Crippen LogP contribution < -0.4 is 0 Å². The maximum atomic E-state index is 10.9. The molecule has 78 valence electrons. The molecule has 0 heterocycles. The second-order valence-electron chi connectivity index (χ2n) is 5.23. The van der Waals surface area contributed by atoms with Crippen LogP contribution in [-0.2, 0) is 4.79 Å². The molecule has 0 N–H and O–H groups in total.